The first-order valence-corrected chi connectivity index (χ1v) is 19.8. The number of carbonyl (C=O) groups is 2. The first-order chi connectivity index (χ1) is 26.2. The van der Waals surface area contributed by atoms with Crippen LogP contribution in [0.25, 0.3) is 0 Å². The molecule has 10 nitrogen and oxygen atoms in total. The molecule has 0 radical (unpaired) electrons. The van der Waals surface area contributed by atoms with Crippen LogP contribution in [0.1, 0.15) is 97.4 Å². The predicted octanol–water partition coefficient (Wildman–Crippen LogP) is 6.45. The van der Waals surface area contributed by atoms with Gasteiger partial charge in [0, 0.05) is 25.9 Å². The highest BCUT2D eigenvalue weighted by Gasteiger charge is 2.57. The van der Waals surface area contributed by atoms with Crippen molar-refractivity contribution in [2.75, 3.05) is 7.11 Å². The second-order valence-corrected chi connectivity index (χ2v) is 16.2. The zero-order valence-corrected chi connectivity index (χ0v) is 33.7. The standard InChI is InChI=1S/C45H62N2O8/c1-9-35(52-8)30(4)41-42(55-41)43-44(6,47-39(33-20-14-11-15-21-33)38(46-43)32-18-12-10-13-19-32)25-16-17-28(2)40-29(3)22-23-36(53-31(5)48)45(7,51)26-24-34(49)27-37(50)54-40/h10-23,25,29-30,34-36,38-43,46-47,49,51H,9,24,26-27H2,1-8H3/b23-22+,25-16+,28-17+/t29-,30+,34+,35-,36-,38?,39?,40+,41+,42-,43?,44?,45+/m0/s1. The molecule has 2 fully saturated rings. The number of ether oxygens (including phenoxy) is 4. The number of benzene rings is 2. The molecular formula is C45H62N2O8. The van der Waals surface area contributed by atoms with Gasteiger partial charge in [0.15, 0.2) is 0 Å². The Morgan fingerprint density at radius 2 is 1.67 bits per heavy atom. The van der Waals surface area contributed by atoms with E-state index in [2.05, 4.69) is 86.0 Å². The molecular weight excluding hydrogens is 697 g/mol. The van der Waals surface area contributed by atoms with Gasteiger partial charge in [-0.15, -0.1) is 0 Å². The largest absolute Gasteiger partial charge is 0.457 e. The first kappa shape index (κ1) is 42.5. The number of aliphatic hydroxyl groups excluding tert-OH is 1. The van der Waals surface area contributed by atoms with E-state index in [4.69, 9.17) is 18.9 Å². The second-order valence-electron chi connectivity index (χ2n) is 16.2. The molecule has 13 atom stereocenters. The smallest absolute Gasteiger partial charge is 0.309 e. The molecule has 0 spiro atoms. The number of esters is 2. The zero-order valence-electron chi connectivity index (χ0n) is 33.7. The number of methoxy groups -OCH3 is 1. The Morgan fingerprint density at radius 3 is 2.27 bits per heavy atom. The lowest BCUT2D eigenvalue weighted by Crippen LogP contribution is -2.67. The number of aliphatic hydroxyl groups is 2. The summed E-state index contributed by atoms with van der Waals surface area (Å²) in [6.45, 7) is 13.2. The predicted molar refractivity (Wildman–Crippen MR) is 213 cm³/mol. The van der Waals surface area contributed by atoms with Gasteiger partial charge >= 0.3 is 11.9 Å². The second kappa shape index (κ2) is 18.5. The van der Waals surface area contributed by atoms with E-state index >= 15 is 0 Å². The lowest BCUT2D eigenvalue weighted by atomic mass is 9.78. The van der Waals surface area contributed by atoms with E-state index in [-0.39, 0.29) is 67.5 Å². The van der Waals surface area contributed by atoms with Crippen molar-refractivity contribution >= 4 is 11.9 Å². The van der Waals surface area contributed by atoms with E-state index in [0.29, 0.717) is 0 Å². The minimum atomic E-state index is -1.44. The maximum atomic E-state index is 13.1. The van der Waals surface area contributed by atoms with Gasteiger partial charge in [0.25, 0.3) is 0 Å². The topological polar surface area (TPSA) is 139 Å². The van der Waals surface area contributed by atoms with Gasteiger partial charge in [-0.2, -0.15) is 0 Å². The Kier molecular flexibility index (Phi) is 14.3. The fraction of sp³-hybridized carbons (Fsp3) is 0.556. The highest BCUT2D eigenvalue weighted by Crippen LogP contribution is 2.44. The molecule has 55 heavy (non-hydrogen) atoms. The van der Waals surface area contributed by atoms with Crippen molar-refractivity contribution in [3.8, 4) is 0 Å². The summed E-state index contributed by atoms with van der Waals surface area (Å²) in [6.07, 6.45) is 7.94. The number of nitrogens with one attached hydrogen (secondary N) is 2. The molecule has 5 rings (SSSR count). The number of cyclic esters (lactones) is 1. The van der Waals surface area contributed by atoms with E-state index in [1.54, 1.807) is 20.1 Å². The Bertz CT molecular complexity index is 1660. The molecule has 10 heteroatoms. The molecule has 2 aromatic rings. The third kappa shape index (κ3) is 10.6. The molecule has 0 aromatic heterocycles. The summed E-state index contributed by atoms with van der Waals surface area (Å²) in [6, 6.07) is 20.8. The highest BCUT2D eigenvalue weighted by atomic mass is 16.6. The number of rotatable bonds is 11. The van der Waals surface area contributed by atoms with Gasteiger partial charge in [-0.25, -0.2) is 0 Å². The lowest BCUT2D eigenvalue weighted by Gasteiger charge is -2.49. The van der Waals surface area contributed by atoms with Crippen LogP contribution in [0.4, 0.5) is 0 Å². The number of allylic oxidation sites excluding steroid dienone is 2. The molecule has 2 saturated heterocycles. The molecule has 4 N–H and O–H groups in total. The number of hydrogen-bond donors (Lipinski definition) is 4. The molecule has 0 bridgehead atoms. The lowest BCUT2D eigenvalue weighted by molar-refractivity contribution is -0.157. The van der Waals surface area contributed by atoms with Crippen LogP contribution >= 0.6 is 0 Å². The Balaban J connectivity index is 1.49. The van der Waals surface area contributed by atoms with Gasteiger partial charge in [-0.3, -0.25) is 14.9 Å². The molecule has 3 aliphatic rings. The van der Waals surface area contributed by atoms with Crippen LogP contribution in [-0.2, 0) is 28.5 Å². The summed E-state index contributed by atoms with van der Waals surface area (Å²) in [5.74, 6) is -1.20. The van der Waals surface area contributed by atoms with Crippen LogP contribution < -0.4 is 10.6 Å². The van der Waals surface area contributed by atoms with Crippen molar-refractivity contribution in [3.63, 3.8) is 0 Å². The van der Waals surface area contributed by atoms with Crippen LogP contribution in [0.3, 0.4) is 0 Å². The molecule has 3 aliphatic heterocycles. The summed E-state index contributed by atoms with van der Waals surface area (Å²) >= 11 is 0. The molecule has 4 unspecified atom stereocenters. The van der Waals surface area contributed by atoms with E-state index in [1.807, 2.05) is 44.2 Å². The third-order valence-corrected chi connectivity index (χ3v) is 11.7. The summed E-state index contributed by atoms with van der Waals surface area (Å²) in [4.78, 5) is 25.1. The normalized spacial score (nSPS) is 36.5. The van der Waals surface area contributed by atoms with Gasteiger partial charge in [0.2, 0.25) is 0 Å². The van der Waals surface area contributed by atoms with Crippen molar-refractivity contribution < 1.29 is 38.7 Å². The van der Waals surface area contributed by atoms with E-state index in [1.165, 1.54) is 12.5 Å². The van der Waals surface area contributed by atoms with E-state index in [9.17, 15) is 19.8 Å². The number of hydrogen-bond acceptors (Lipinski definition) is 10. The van der Waals surface area contributed by atoms with Gasteiger partial charge in [-0.1, -0.05) is 106 Å². The van der Waals surface area contributed by atoms with E-state index in [0.717, 1.165) is 17.6 Å². The first-order valence-electron chi connectivity index (χ1n) is 19.8. The number of epoxide rings is 1. The number of carbonyl (C=O) groups excluding carboxylic acids is 2. The van der Waals surface area contributed by atoms with Gasteiger partial charge in [0.05, 0.1) is 48.4 Å². The third-order valence-electron chi connectivity index (χ3n) is 11.7. The van der Waals surface area contributed by atoms with Crippen LogP contribution in [0.2, 0.25) is 0 Å². The summed E-state index contributed by atoms with van der Waals surface area (Å²) in [5.41, 5.74) is 1.10. The monoisotopic (exact) mass is 758 g/mol. The molecule has 300 valence electrons. The van der Waals surface area contributed by atoms with Crippen molar-refractivity contribution in [2.24, 2.45) is 11.8 Å². The van der Waals surface area contributed by atoms with E-state index < -0.39 is 41.4 Å². The SMILES string of the molecule is CC[C@H](OC)[C@@H](C)[C@H]1O[C@@H]1C1NC(c2ccccc2)C(c2ccccc2)NC1(C)/C=C/C=C(\C)[C@H]1OC(=O)C[C@H](O)CC[C@@](C)(O)[C@@H](OC(C)=O)/C=C/[C@@H]1C. The maximum absolute atomic E-state index is 13.1. The molecule has 2 aromatic carbocycles. The fourth-order valence-corrected chi connectivity index (χ4v) is 8.36. The van der Waals surface area contributed by atoms with Crippen molar-refractivity contribution in [2.45, 2.75) is 140 Å². The minimum Gasteiger partial charge on any atom is -0.457 e. The minimum absolute atomic E-state index is 0.0223. The zero-order chi connectivity index (χ0) is 39.9. The summed E-state index contributed by atoms with van der Waals surface area (Å²) in [5, 5.41) is 30.0. The van der Waals surface area contributed by atoms with Crippen molar-refractivity contribution in [3.05, 3.63) is 108 Å². The van der Waals surface area contributed by atoms with Gasteiger partial charge in [0.1, 0.15) is 23.9 Å². The average Bonchev–Trinajstić information content (AvgIpc) is 3.95. The van der Waals surface area contributed by atoms with Crippen molar-refractivity contribution in [1.82, 2.24) is 10.6 Å². The molecule has 0 amide bonds. The van der Waals surface area contributed by atoms with Crippen LogP contribution in [0, 0.1) is 11.8 Å². The van der Waals surface area contributed by atoms with Crippen molar-refractivity contribution in [1.29, 1.82) is 0 Å². The van der Waals surface area contributed by atoms with Gasteiger partial charge in [-0.05, 0) is 62.8 Å². The Labute approximate surface area is 327 Å². The Morgan fingerprint density at radius 1 is 1.04 bits per heavy atom. The maximum Gasteiger partial charge on any atom is 0.309 e. The molecule has 0 aliphatic carbocycles. The van der Waals surface area contributed by atoms with Crippen LogP contribution in [-0.4, -0.2) is 83.1 Å². The quantitative estimate of drug-likeness (QED) is 0.0876. The summed E-state index contributed by atoms with van der Waals surface area (Å²) < 4.78 is 23.9. The summed E-state index contributed by atoms with van der Waals surface area (Å²) in [7, 11) is 1.76. The average molecular weight is 759 g/mol. The Hall–Kier alpha value is -3.64. The van der Waals surface area contributed by atoms with Crippen LogP contribution in [0.15, 0.2) is 96.6 Å². The molecule has 3 heterocycles. The van der Waals surface area contributed by atoms with Gasteiger partial charge < -0.3 is 34.5 Å². The fourth-order valence-electron chi connectivity index (χ4n) is 8.36. The highest BCUT2D eigenvalue weighted by molar-refractivity contribution is 5.70. The van der Waals surface area contributed by atoms with Crippen LogP contribution in [0.5, 0.6) is 0 Å². The molecule has 0 saturated carbocycles. The number of piperazine rings is 1.